The number of primary amides is 1. The van der Waals surface area contributed by atoms with E-state index < -0.39 is 23.5 Å². The van der Waals surface area contributed by atoms with Crippen LogP contribution < -0.4 is 20.9 Å². The molecule has 3 aromatic rings. The maximum absolute atomic E-state index is 15.7. The zero-order valence-corrected chi connectivity index (χ0v) is 18.7. The molecule has 33 heavy (non-hydrogen) atoms. The normalized spacial score (nSPS) is 17.8. The molecule has 0 saturated carbocycles. The van der Waals surface area contributed by atoms with Gasteiger partial charge in [0.2, 0.25) is 5.91 Å². The molecule has 1 heterocycles. The SMILES string of the molecule is CC(F)COc1ccc(C(N)=O)c(-c2c(Cl)ccc3c2C[C@@](CN)(c2ccccc2)O3)c1F. The van der Waals surface area contributed by atoms with Gasteiger partial charge in [-0.3, -0.25) is 4.79 Å². The molecule has 4 N–H and O–H groups in total. The van der Waals surface area contributed by atoms with Crippen molar-refractivity contribution < 1.29 is 23.0 Å². The Morgan fingerprint density at radius 1 is 1.18 bits per heavy atom. The molecule has 0 fully saturated rings. The maximum Gasteiger partial charge on any atom is 0.249 e. The Morgan fingerprint density at radius 3 is 2.55 bits per heavy atom. The van der Waals surface area contributed by atoms with Gasteiger partial charge in [-0.2, -0.15) is 0 Å². The molecule has 0 radical (unpaired) electrons. The van der Waals surface area contributed by atoms with Gasteiger partial charge in [0.15, 0.2) is 17.2 Å². The molecule has 1 aliphatic heterocycles. The highest BCUT2D eigenvalue weighted by Crippen LogP contribution is 2.49. The molecule has 1 amide bonds. The molecule has 1 aliphatic rings. The van der Waals surface area contributed by atoms with E-state index >= 15 is 4.39 Å². The number of fused-ring (bicyclic) bond motifs is 1. The van der Waals surface area contributed by atoms with Crippen LogP contribution in [0.3, 0.4) is 0 Å². The van der Waals surface area contributed by atoms with Gasteiger partial charge in [0.25, 0.3) is 0 Å². The van der Waals surface area contributed by atoms with Gasteiger partial charge in [-0.05, 0) is 36.8 Å². The maximum atomic E-state index is 15.7. The Balaban J connectivity index is 1.90. The Hall–Kier alpha value is -3.16. The van der Waals surface area contributed by atoms with E-state index in [9.17, 15) is 9.18 Å². The number of rotatable bonds is 7. The molecule has 3 aromatic carbocycles. The monoisotopic (exact) mass is 472 g/mol. The molecule has 5 nitrogen and oxygen atoms in total. The summed E-state index contributed by atoms with van der Waals surface area (Å²) in [5.74, 6) is -1.43. The third-order valence-corrected chi connectivity index (χ3v) is 6.02. The fourth-order valence-electron chi connectivity index (χ4n) is 4.13. The van der Waals surface area contributed by atoms with Crippen LogP contribution in [-0.4, -0.2) is 25.2 Å². The number of alkyl halides is 1. The van der Waals surface area contributed by atoms with Crippen LogP contribution in [0.15, 0.2) is 54.6 Å². The minimum atomic E-state index is -1.31. The lowest BCUT2D eigenvalue weighted by molar-refractivity contribution is 0.1000. The largest absolute Gasteiger partial charge is 0.487 e. The Labute approximate surface area is 195 Å². The zero-order chi connectivity index (χ0) is 23.8. The summed E-state index contributed by atoms with van der Waals surface area (Å²) >= 11 is 6.55. The molecular formula is C25H23ClF2N2O3. The van der Waals surface area contributed by atoms with E-state index in [2.05, 4.69) is 0 Å². The minimum absolute atomic E-state index is 0.0755. The third-order valence-electron chi connectivity index (χ3n) is 5.71. The summed E-state index contributed by atoms with van der Waals surface area (Å²) < 4.78 is 40.6. The summed E-state index contributed by atoms with van der Waals surface area (Å²) in [5.41, 5.74) is 12.3. The zero-order valence-electron chi connectivity index (χ0n) is 17.9. The van der Waals surface area contributed by atoms with Gasteiger partial charge in [0.05, 0.1) is 5.56 Å². The van der Waals surface area contributed by atoms with E-state index in [0.717, 1.165) is 5.56 Å². The second kappa shape index (κ2) is 9.00. The molecule has 172 valence electrons. The van der Waals surface area contributed by atoms with Crippen molar-refractivity contribution in [1.29, 1.82) is 0 Å². The van der Waals surface area contributed by atoms with Gasteiger partial charge in [-0.1, -0.05) is 41.9 Å². The van der Waals surface area contributed by atoms with Crippen molar-refractivity contribution in [2.24, 2.45) is 11.5 Å². The number of carbonyl (C=O) groups is 1. The Morgan fingerprint density at radius 2 is 1.91 bits per heavy atom. The van der Waals surface area contributed by atoms with Crippen molar-refractivity contribution in [2.75, 3.05) is 13.2 Å². The van der Waals surface area contributed by atoms with Crippen LogP contribution in [0.1, 0.15) is 28.4 Å². The first-order valence-electron chi connectivity index (χ1n) is 10.4. The van der Waals surface area contributed by atoms with Crippen molar-refractivity contribution in [1.82, 2.24) is 0 Å². The molecule has 8 heteroatoms. The number of carbonyl (C=O) groups excluding carboxylic acids is 1. The van der Waals surface area contributed by atoms with Crippen LogP contribution in [0.2, 0.25) is 5.02 Å². The molecule has 0 saturated heterocycles. The van der Waals surface area contributed by atoms with Gasteiger partial charge in [0.1, 0.15) is 18.5 Å². The summed E-state index contributed by atoms with van der Waals surface area (Å²) in [6, 6.07) is 15.3. The van der Waals surface area contributed by atoms with Crippen molar-refractivity contribution in [3.8, 4) is 22.6 Å². The van der Waals surface area contributed by atoms with E-state index in [4.69, 9.17) is 32.5 Å². The third kappa shape index (κ3) is 4.14. The smallest absolute Gasteiger partial charge is 0.249 e. The Bertz CT molecular complexity index is 1200. The number of hydrogen-bond donors (Lipinski definition) is 2. The van der Waals surface area contributed by atoms with Crippen molar-refractivity contribution in [3.05, 3.63) is 82.1 Å². The molecule has 0 aliphatic carbocycles. The average Bonchev–Trinajstić information content (AvgIpc) is 3.19. The molecule has 0 spiro atoms. The van der Waals surface area contributed by atoms with Crippen molar-refractivity contribution in [2.45, 2.75) is 25.1 Å². The van der Waals surface area contributed by atoms with Crippen molar-refractivity contribution in [3.63, 3.8) is 0 Å². The van der Waals surface area contributed by atoms with Crippen LogP contribution in [0.4, 0.5) is 8.78 Å². The number of hydrogen-bond acceptors (Lipinski definition) is 4. The van der Waals surface area contributed by atoms with Crippen LogP contribution in [-0.2, 0) is 12.0 Å². The first-order chi connectivity index (χ1) is 15.8. The van der Waals surface area contributed by atoms with Gasteiger partial charge in [-0.15, -0.1) is 0 Å². The van der Waals surface area contributed by atoms with E-state index in [0.29, 0.717) is 17.7 Å². The van der Waals surface area contributed by atoms with Crippen LogP contribution in [0.25, 0.3) is 11.1 Å². The fraction of sp³-hybridized carbons (Fsp3) is 0.240. The summed E-state index contributed by atoms with van der Waals surface area (Å²) in [4.78, 5) is 12.2. The number of benzene rings is 3. The highest BCUT2D eigenvalue weighted by molar-refractivity contribution is 6.34. The number of nitrogens with two attached hydrogens (primary N) is 2. The molecule has 0 bridgehead atoms. The standard InChI is InChI=1S/C25H23ClF2N2O3/c1-14(27)12-32-20-9-7-16(24(30)31)22(23(20)28)21-17-11-25(13-29,15-5-3-2-4-6-15)33-19(17)10-8-18(21)26/h2-10,14H,11-13,29H2,1H3,(H2,30,31)/t14?,25-/m1/s1. The van der Waals surface area contributed by atoms with Gasteiger partial charge < -0.3 is 20.9 Å². The van der Waals surface area contributed by atoms with Gasteiger partial charge >= 0.3 is 0 Å². The fourth-order valence-corrected chi connectivity index (χ4v) is 4.40. The average molecular weight is 473 g/mol. The lowest BCUT2D eigenvalue weighted by Gasteiger charge is -2.27. The molecule has 0 aromatic heterocycles. The summed E-state index contributed by atoms with van der Waals surface area (Å²) in [6.45, 7) is 1.11. The topological polar surface area (TPSA) is 87.6 Å². The van der Waals surface area contributed by atoms with Crippen LogP contribution in [0, 0.1) is 5.82 Å². The minimum Gasteiger partial charge on any atom is -0.487 e. The van der Waals surface area contributed by atoms with Crippen LogP contribution in [0.5, 0.6) is 11.5 Å². The predicted molar refractivity (Wildman–Crippen MR) is 123 cm³/mol. The lowest BCUT2D eigenvalue weighted by Crippen LogP contribution is -2.39. The highest BCUT2D eigenvalue weighted by atomic mass is 35.5. The first-order valence-corrected chi connectivity index (χ1v) is 10.8. The van der Waals surface area contributed by atoms with E-state index in [1.165, 1.54) is 19.1 Å². The molecule has 4 rings (SSSR count). The van der Waals surface area contributed by atoms with E-state index in [1.54, 1.807) is 12.1 Å². The summed E-state index contributed by atoms with van der Waals surface area (Å²) in [7, 11) is 0. The van der Waals surface area contributed by atoms with E-state index in [1.807, 2.05) is 30.3 Å². The summed E-state index contributed by atoms with van der Waals surface area (Å²) in [5, 5.41) is 0.204. The van der Waals surface area contributed by atoms with Gasteiger partial charge in [0, 0.05) is 34.7 Å². The Kier molecular flexibility index (Phi) is 6.28. The molecule has 1 unspecified atom stereocenters. The molecular weight excluding hydrogens is 450 g/mol. The molecule has 2 atom stereocenters. The lowest BCUT2D eigenvalue weighted by atomic mass is 9.85. The number of halogens is 3. The highest BCUT2D eigenvalue weighted by Gasteiger charge is 2.42. The second-order valence-corrected chi connectivity index (χ2v) is 8.41. The van der Waals surface area contributed by atoms with Crippen molar-refractivity contribution >= 4 is 17.5 Å². The predicted octanol–water partition coefficient (Wildman–Crippen LogP) is 4.77. The first kappa shape index (κ1) is 23.0. The number of ether oxygens (including phenoxy) is 2. The van der Waals surface area contributed by atoms with Gasteiger partial charge in [-0.25, -0.2) is 8.78 Å². The second-order valence-electron chi connectivity index (χ2n) is 8.00. The van der Waals surface area contributed by atoms with Crippen LogP contribution >= 0.6 is 11.6 Å². The van der Waals surface area contributed by atoms with E-state index in [-0.39, 0.29) is 40.6 Å². The number of amides is 1. The quantitative estimate of drug-likeness (QED) is 0.518. The summed E-state index contributed by atoms with van der Waals surface area (Å²) in [6.07, 6.45) is -1.01.